The lowest BCUT2D eigenvalue weighted by Gasteiger charge is -2.17. The van der Waals surface area contributed by atoms with Crippen LogP contribution in [0.25, 0.3) is 10.9 Å². The fraction of sp³-hybridized carbons (Fsp3) is 0.312. The number of fused-ring (bicyclic) bond motifs is 1. The van der Waals surface area contributed by atoms with E-state index < -0.39 is 0 Å². The number of carbonyl (C=O) groups excluding carboxylic acids is 2. The number of benzene rings is 1. The molecule has 0 radical (unpaired) electrons. The summed E-state index contributed by atoms with van der Waals surface area (Å²) in [6.07, 6.45) is 2.53. The quantitative estimate of drug-likeness (QED) is 0.911. The van der Waals surface area contributed by atoms with Crippen LogP contribution in [0.4, 0.5) is 0 Å². The van der Waals surface area contributed by atoms with E-state index in [0.29, 0.717) is 17.6 Å². The molecule has 0 aliphatic carbocycles. The summed E-state index contributed by atoms with van der Waals surface area (Å²) in [4.78, 5) is 29.8. The van der Waals surface area contributed by atoms with E-state index in [1.807, 2.05) is 31.2 Å². The number of nitrogens with zero attached hydrogens (tertiary/aromatic N) is 2. The van der Waals surface area contributed by atoms with Crippen molar-refractivity contribution in [2.45, 2.75) is 13.3 Å². The zero-order chi connectivity index (χ0) is 15.2. The summed E-state index contributed by atoms with van der Waals surface area (Å²) >= 11 is 0. The third kappa shape index (κ3) is 3.56. The number of aromatic nitrogens is 1. The van der Waals surface area contributed by atoms with Gasteiger partial charge >= 0.3 is 0 Å². The molecule has 5 heteroatoms. The summed E-state index contributed by atoms with van der Waals surface area (Å²) in [6.45, 7) is 2.65. The molecule has 2 aromatic rings. The largest absolute Gasteiger partial charge is 0.355 e. The van der Waals surface area contributed by atoms with Crippen LogP contribution < -0.4 is 5.32 Å². The standard InChI is InChI=1S/C16H19N3O2/c1-3-9-17-14(20)11-19(2)16(21)13-8-4-6-12-7-5-10-18-15(12)13/h4-8,10H,3,9,11H2,1-2H3,(H,17,20). The average Bonchev–Trinajstić information content (AvgIpc) is 2.51. The van der Waals surface area contributed by atoms with Gasteiger partial charge in [-0.05, 0) is 18.6 Å². The number of rotatable bonds is 5. The number of hydrogen-bond acceptors (Lipinski definition) is 3. The van der Waals surface area contributed by atoms with E-state index in [4.69, 9.17) is 0 Å². The Balaban J connectivity index is 2.16. The number of carbonyl (C=O) groups is 2. The van der Waals surface area contributed by atoms with Crippen molar-refractivity contribution in [3.63, 3.8) is 0 Å². The topological polar surface area (TPSA) is 62.3 Å². The highest BCUT2D eigenvalue weighted by Gasteiger charge is 2.17. The first-order valence-electron chi connectivity index (χ1n) is 6.99. The second kappa shape index (κ2) is 6.83. The predicted octanol–water partition coefficient (Wildman–Crippen LogP) is 1.83. The van der Waals surface area contributed by atoms with E-state index in [1.165, 1.54) is 4.90 Å². The van der Waals surface area contributed by atoms with Crippen LogP contribution in [0, 0.1) is 0 Å². The first-order valence-corrected chi connectivity index (χ1v) is 6.99. The molecule has 1 aromatic heterocycles. The molecule has 0 saturated carbocycles. The fourth-order valence-electron chi connectivity index (χ4n) is 2.09. The highest BCUT2D eigenvalue weighted by Crippen LogP contribution is 2.17. The third-order valence-corrected chi connectivity index (χ3v) is 3.16. The van der Waals surface area contributed by atoms with Crippen LogP contribution in [0.1, 0.15) is 23.7 Å². The molecule has 0 saturated heterocycles. The van der Waals surface area contributed by atoms with E-state index >= 15 is 0 Å². The normalized spacial score (nSPS) is 10.4. The maximum Gasteiger partial charge on any atom is 0.256 e. The Morgan fingerprint density at radius 3 is 2.76 bits per heavy atom. The van der Waals surface area contributed by atoms with Crippen molar-refractivity contribution in [2.75, 3.05) is 20.1 Å². The monoisotopic (exact) mass is 285 g/mol. The molecule has 0 bridgehead atoms. The van der Waals surface area contributed by atoms with Crippen LogP contribution in [-0.4, -0.2) is 41.8 Å². The summed E-state index contributed by atoms with van der Waals surface area (Å²) in [7, 11) is 1.62. The molecule has 1 aromatic carbocycles. The highest BCUT2D eigenvalue weighted by atomic mass is 16.2. The lowest BCUT2D eigenvalue weighted by molar-refractivity contribution is -0.121. The molecular weight excluding hydrogens is 266 g/mol. The van der Waals surface area contributed by atoms with Gasteiger partial charge in [-0.3, -0.25) is 14.6 Å². The fourth-order valence-corrected chi connectivity index (χ4v) is 2.09. The van der Waals surface area contributed by atoms with Crippen molar-refractivity contribution in [1.82, 2.24) is 15.2 Å². The van der Waals surface area contributed by atoms with Gasteiger partial charge in [0.25, 0.3) is 5.91 Å². The average molecular weight is 285 g/mol. The summed E-state index contributed by atoms with van der Waals surface area (Å²) in [6, 6.07) is 9.21. The van der Waals surface area contributed by atoms with Gasteiger partial charge in [-0.2, -0.15) is 0 Å². The summed E-state index contributed by atoms with van der Waals surface area (Å²) in [5, 5.41) is 3.67. The number of hydrogen-bond donors (Lipinski definition) is 1. The molecule has 110 valence electrons. The van der Waals surface area contributed by atoms with Crippen LogP contribution in [0.3, 0.4) is 0 Å². The molecule has 0 aliphatic rings. The molecule has 5 nitrogen and oxygen atoms in total. The first-order chi connectivity index (χ1) is 10.1. The van der Waals surface area contributed by atoms with Gasteiger partial charge in [-0.1, -0.05) is 25.1 Å². The lowest BCUT2D eigenvalue weighted by Crippen LogP contribution is -2.38. The molecule has 0 spiro atoms. The van der Waals surface area contributed by atoms with E-state index in [1.54, 1.807) is 19.3 Å². The van der Waals surface area contributed by atoms with E-state index in [9.17, 15) is 9.59 Å². The minimum atomic E-state index is -0.203. The minimum Gasteiger partial charge on any atom is -0.355 e. The molecule has 1 N–H and O–H groups in total. The van der Waals surface area contributed by atoms with Gasteiger partial charge < -0.3 is 10.2 Å². The number of amides is 2. The Hall–Kier alpha value is -2.43. The number of pyridine rings is 1. The van der Waals surface area contributed by atoms with Crippen molar-refractivity contribution in [3.8, 4) is 0 Å². The van der Waals surface area contributed by atoms with Crippen molar-refractivity contribution in [2.24, 2.45) is 0 Å². The molecule has 0 unspecified atom stereocenters. The predicted molar refractivity (Wildman–Crippen MR) is 82.0 cm³/mol. The van der Waals surface area contributed by atoms with Gasteiger partial charge in [-0.15, -0.1) is 0 Å². The van der Waals surface area contributed by atoms with Crippen molar-refractivity contribution < 1.29 is 9.59 Å². The Kier molecular flexibility index (Phi) is 4.87. The first kappa shape index (κ1) is 15.0. The van der Waals surface area contributed by atoms with Gasteiger partial charge in [0.2, 0.25) is 5.91 Å². The Labute approximate surface area is 124 Å². The second-order valence-electron chi connectivity index (χ2n) is 4.89. The SMILES string of the molecule is CCCNC(=O)CN(C)C(=O)c1cccc2cccnc12. The van der Waals surface area contributed by atoms with Gasteiger partial charge in [0, 0.05) is 25.2 Å². The summed E-state index contributed by atoms with van der Waals surface area (Å²) < 4.78 is 0. The molecule has 0 atom stereocenters. The third-order valence-electron chi connectivity index (χ3n) is 3.16. The molecule has 0 aliphatic heterocycles. The van der Waals surface area contributed by atoms with Crippen LogP contribution in [0.2, 0.25) is 0 Å². The van der Waals surface area contributed by atoms with Gasteiger partial charge in [0.1, 0.15) is 0 Å². The zero-order valence-corrected chi connectivity index (χ0v) is 12.3. The Morgan fingerprint density at radius 2 is 2.00 bits per heavy atom. The molecule has 2 amide bonds. The van der Waals surface area contributed by atoms with Gasteiger partial charge in [0.05, 0.1) is 17.6 Å². The van der Waals surface area contributed by atoms with Crippen LogP contribution in [-0.2, 0) is 4.79 Å². The number of likely N-dealkylation sites (N-methyl/N-ethyl adjacent to an activating group) is 1. The van der Waals surface area contributed by atoms with Crippen LogP contribution in [0.15, 0.2) is 36.5 Å². The van der Waals surface area contributed by atoms with Crippen molar-refractivity contribution in [3.05, 3.63) is 42.1 Å². The molecular formula is C16H19N3O2. The number of nitrogens with one attached hydrogen (secondary N) is 1. The zero-order valence-electron chi connectivity index (χ0n) is 12.3. The van der Waals surface area contributed by atoms with E-state index in [2.05, 4.69) is 10.3 Å². The molecule has 1 heterocycles. The molecule has 21 heavy (non-hydrogen) atoms. The maximum atomic E-state index is 12.5. The smallest absolute Gasteiger partial charge is 0.256 e. The van der Waals surface area contributed by atoms with E-state index in [0.717, 1.165) is 11.8 Å². The highest BCUT2D eigenvalue weighted by molar-refractivity contribution is 6.06. The summed E-state index contributed by atoms with van der Waals surface area (Å²) in [5.74, 6) is -0.355. The number of para-hydroxylation sites is 1. The van der Waals surface area contributed by atoms with Crippen LogP contribution in [0.5, 0.6) is 0 Å². The Bertz CT molecular complexity index is 650. The Morgan fingerprint density at radius 1 is 1.24 bits per heavy atom. The minimum absolute atomic E-state index is 0.0437. The molecule has 0 fully saturated rings. The van der Waals surface area contributed by atoms with Crippen molar-refractivity contribution in [1.29, 1.82) is 0 Å². The second-order valence-corrected chi connectivity index (χ2v) is 4.89. The maximum absolute atomic E-state index is 12.5. The van der Waals surface area contributed by atoms with E-state index in [-0.39, 0.29) is 18.4 Å². The van der Waals surface area contributed by atoms with Gasteiger partial charge in [-0.25, -0.2) is 0 Å². The molecule has 2 rings (SSSR count). The lowest BCUT2D eigenvalue weighted by atomic mass is 10.1. The van der Waals surface area contributed by atoms with Crippen LogP contribution >= 0.6 is 0 Å². The summed E-state index contributed by atoms with van der Waals surface area (Å²) in [5.41, 5.74) is 1.17. The van der Waals surface area contributed by atoms with Crippen molar-refractivity contribution >= 4 is 22.7 Å². The van der Waals surface area contributed by atoms with Gasteiger partial charge in [0.15, 0.2) is 0 Å².